The minimum atomic E-state index is -4.43. The Morgan fingerprint density at radius 1 is 1.06 bits per heavy atom. The van der Waals surface area contributed by atoms with Gasteiger partial charge in [0.2, 0.25) is 0 Å². The Kier molecular flexibility index (Phi) is 8.14. The van der Waals surface area contributed by atoms with Gasteiger partial charge in [-0.3, -0.25) is 5.43 Å². The van der Waals surface area contributed by atoms with E-state index in [0.29, 0.717) is 34.7 Å². The number of ether oxygens (including phenoxy) is 2. The lowest BCUT2D eigenvalue weighted by atomic mass is 10.2. The average molecular weight is 573 g/mol. The molecule has 0 amide bonds. The van der Waals surface area contributed by atoms with E-state index in [1.165, 1.54) is 12.3 Å². The van der Waals surface area contributed by atoms with Gasteiger partial charge in [-0.1, -0.05) is 28.1 Å². The summed E-state index contributed by atoms with van der Waals surface area (Å²) in [7, 11) is 0. The Hall–Kier alpha value is -2.59. The molecule has 1 aromatic heterocycles. The summed E-state index contributed by atoms with van der Waals surface area (Å²) >= 11 is 6.91. The lowest BCUT2D eigenvalue weighted by Gasteiger charge is -2.14. The van der Waals surface area contributed by atoms with Crippen LogP contribution in [-0.2, 0) is 12.8 Å². The maximum Gasteiger partial charge on any atom is 0.417 e. The molecule has 0 atom stereocenters. The van der Waals surface area contributed by atoms with Crippen molar-refractivity contribution in [2.24, 2.45) is 5.10 Å². The summed E-state index contributed by atoms with van der Waals surface area (Å²) in [6, 6.07) is 13.5. The van der Waals surface area contributed by atoms with Crippen LogP contribution in [0.2, 0.25) is 0 Å². The van der Waals surface area contributed by atoms with Gasteiger partial charge >= 0.3 is 6.18 Å². The van der Waals surface area contributed by atoms with Gasteiger partial charge in [-0.25, -0.2) is 4.98 Å². The number of nitrogens with zero attached hydrogens (tertiary/aromatic N) is 2. The average Bonchev–Trinajstić information content (AvgIpc) is 2.74. The normalized spacial score (nSPS) is 11.6. The summed E-state index contributed by atoms with van der Waals surface area (Å²) in [6.07, 6.45) is -2.18. The van der Waals surface area contributed by atoms with Crippen molar-refractivity contribution in [3.05, 3.63) is 80.4 Å². The SMILES string of the molecule is CCOc1cc(/C=N\Nc2ccc(C(F)(F)F)cn2)cc(Br)c1OCc1ccc(Br)cc1. The zero-order chi connectivity index (χ0) is 23.1. The molecule has 0 radical (unpaired) electrons. The third kappa shape index (κ3) is 6.70. The van der Waals surface area contributed by atoms with Crippen LogP contribution in [-0.4, -0.2) is 17.8 Å². The summed E-state index contributed by atoms with van der Waals surface area (Å²) in [6.45, 7) is 2.67. The van der Waals surface area contributed by atoms with Gasteiger partial charge in [-0.2, -0.15) is 18.3 Å². The predicted molar refractivity (Wildman–Crippen MR) is 124 cm³/mol. The highest BCUT2D eigenvalue weighted by Crippen LogP contribution is 2.37. The van der Waals surface area contributed by atoms with Crippen molar-refractivity contribution in [3.8, 4) is 11.5 Å². The number of hydrogen-bond donors (Lipinski definition) is 1. The Morgan fingerprint density at radius 2 is 1.81 bits per heavy atom. The van der Waals surface area contributed by atoms with E-state index in [1.54, 1.807) is 12.1 Å². The molecule has 0 saturated carbocycles. The first-order valence-electron chi connectivity index (χ1n) is 9.42. The van der Waals surface area contributed by atoms with E-state index in [2.05, 4.69) is 47.4 Å². The van der Waals surface area contributed by atoms with Gasteiger partial charge in [0.15, 0.2) is 11.5 Å². The first kappa shape index (κ1) is 24.1. The van der Waals surface area contributed by atoms with E-state index in [-0.39, 0.29) is 5.82 Å². The largest absolute Gasteiger partial charge is 0.490 e. The quantitative estimate of drug-likeness (QED) is 0.232. The molecule has 2 aromatic carbocycles. The highest BCUT2D eigenvalue weighted by atomic mass is 79.9. The summed E-state index contributed by atoms with van der Waals surface area (Å²) in [5.41, 5.74) is 3.48. The Bertz CT molecular complexity index is 1070. The molecule has 0 aliphatic heterocycles. The molecule has 0 fully saturated rings. The maximum atomic E-state index is 12.6. The molecule has 3 rings (SSSR count). The van der Waals surface area contributed by atoms with Crippen LogP contribution in [0.15, 0.2) is 68.8 Å². The second-order valence-electron chi connectivity index (χ2n) is 6.48. The fourth-order valence-electron chi connectivity index (χ4n) is 2.60. The van der Waals surface area contributed by atoms with E-state index < -0.39 is 11.7 Å². The highest BCUT2D eigenvalue weighted by molar-refractivity contribution is 9.10. The van der Waals surface area contributed by atoms with Crippen molar-refractivity contribution in [3.63, 3.8) is 0 Å². The van der Waals surface area contributed by atoms with Crippen LogP contribution in [0.1, 0.15) is 23.6 Å². The number of hydrogen-bond acceptors (Lipinski definition) is 5. The molecule has 10 heteroatoms. The van der Waals surface area contributed by atoms with Crippen LogP contribution < -0.4 is 14.9 Å². The number of hydrazone groups is 1. The Morgan fingerprint density at radius 3 is 2.44 bits per heavy atom. The molecule has 1 heterocycles. The molecular formula is C22H18Br2F3N3O2. The molecule has 168 valence electrons. The molecule has 0 unspecified atom stereocenters. The summed E-state index contributed by atoms with van der Waals surface area (Å²) in [5, 5.41) is 4.04. The number of alkyl halides is 3. The Balaban J connectivity index is 1.71. The predicted octanol–water partition coefficient (Wildman–Crippen LogP) is 7.05. The van der Waals surface area contributed by atoms with E-state index in [4.69, 9.17) is 9.47 Å². The number of halogens is 5. The molecule has 32 heavy (non-hydrogen) atoms. The van der Waals surface area contributed by atoms with Gasteiger partial charge in [0.25, 0.3) is 0 Å². The lowest BCUT2D eigenvalue weighted by Crippen LogP contribution is -2.05. The van der Waals surface area contributed by atoms with Gasteiger partial charge in [-0.05, 0) is 70.4 Å². The fraction of sp³-hybridized carbons (Fsp3) is 0.182. The minimum Gasteiger partial charge on any atom is -0.490 e. The van der Waals surface area contributed by atoms with E-state index in [9.17, 15) is 13.2 Å². The zero-order valence-electron chi connectivity index (χ0n) is 16.8. The Labute approximate surface area is 199 Å². The topological polar surface area (TPSA) is 55.7 Å². The molecule has 0 aliphatic rings. The summed E-state index contributed by atoms with van der Waals surface area (Å²) < 4.78 is 51.2. The maximum absolute atomic E-state index is 12.6. The molecule has 0 spiro atoms. The number of benzene rings is 2. The van der Waals surface area contributed by atoms with Crippen LogP contribution in [0.4, 0.5) is 19.0 Å². The van der Waals surface area contributed by atoms with Crippen LogP contribution in [0.5, 0.6) is 11.5 Å². The van der Waals surface area contributed by atoms with Crippen molar-refractivity contribution >= 4 is 43.9 Å². The second kappa shape index (κ2) is 10.8. The molecule has 1 N–H and O–H groups in total. The van der Waals surface area contributed by atoms with Crippen LogP contribution >= 0.6 is 31.9 Å². The van der Waals surface area contributed by atoms with Gasteiger partial charge in [0.05, 0.1) is 22.9 Å². The van der Waals surface area contributed by atoms with E-state index in [0.717, 1.165) is 22.3 Å². The molecule has 0 aliphatic carbocycles. The van der Waals surface area contributed by atoms with Gasteiger partial charge in [0.1, 0.15) is 12.4 Å². The van der Waals surface area contributed by atoms with Crippen molar-refractivity contribution in [1.82, 2.24) is 4.98 Å². The van der Waals surface area contributed by atoms with Crippen molar-refractivity contribution in [1.29, 1.82) is 0 Å². The molecule has 0 saturated heterocycles. The smallest absolute Gasteiger partial charge is 0.417 e. The molecule has 0 bridgehead atoms. The van der Waals surface area contributed by atoms with Crippen LogP contribution in [0, 0.1) is 0 Å². The number of rotatable bonds is 8. The zero-order valence-corrected chi connectivity index (χ0v) is 20.0. The number of aromatic nitrogens is 1. The second-order valence-corrected chi connectivity index (χ2v) is 8.25. The minimum absolute atomic E-state index is 0.188. The van der Waals surface area contributed by atoms with E-state index in [1.807, 2.05) is 31.2 Å². The first-order chi connectivity index (χ1) is 15.3. The number of nitrogens with one attached hydrogen (secondary N) is 1. The highest BCUT2D eigenvalue weighted by Gasteiger charge is 2.30. The van der Waals surface area contributed by atoms with Crippen LogP contribution in [0.3, 0.4) is 0 Å². The fourth-order valence-corrected chi connectivity index (χ4v) is 3.44. The van der Waals surface area contributed by atoms with Crippen molar-refractivity contribution in [2.75, 3.05) is 12.0 Å². The molecule has 3 aromatic rings. The van der Waals surface area contributed by atoms with Crippen LogP contribution in [0.25, 0.3) is 0 Å². The summed E-state index contributed by atoms with van der Waals surface area (Å²) in [5.74, 6) is 1.28. The third-order valence-electron chi connectivity index (χ3n) is 4.11. The lowest BCUT2D eigenvalue weighted by molar-refractivity contribution is -0.137. The first-order valence-corrected chi connectivity index (χ1v) is 11.0. The monoisotopic (exact) mass is 571 g/mol. The van der Waals surface area contributed by atoms with Gasteiger partial charge in [0, 0.05) is 10.7 Å². The molecular weight excluding hydrogens is 555 g/mol. The van der Waals surface area contributed by atoms with Crippen molar-refractivity contribution in [2.45, 2.75) is 19.7 Å². The number of pyridine rings is 1. The summed E-state index contributed by atoms with van der Waals surface area (Å²) in [4.78, 5) is 3.71. The van der Waals surface area contributed by atoms with Gasteiger partial charge in [-0.15, -0.1) is 0 Å². The van der Waals surface area contributed by atoms with Gasteiger partial charge < -0.3 is 9.47 Å². The number of anilines is 1. The van der Waals surface area contributed by atoms with E-state index >= 15 is 0 Å². The molecule has 5 nitrogen and oxygen atoms in total. The third-order valence-corrected chi connectivity index (χ3v) is 5.23. The standard InChI is InChI=1S/C22H18Br2F3N3O2/c1-2-31-19-10-15(11-29-30-20-8-5-16(12-28-20)22(25,26)27)9-18(24)21(19)32-13-14-3-6-17(23)7-4-14/h3-12H,2,13H2,1H3,(H,28,30)/b29-11-. The van der Waals surface area contributed by atoms with Crippen molar-refractivity contribution < 1.29 is 22.6 Å².